The molecule has 0 saturated carbocycles. The second-order valence-electron chi connectivity index (χ2n) is 5.76. The largest absolute Gasteiger partial charge is 0.467 e. The lowest BCUT2D eigenvalue weighted by Gasteiger charge is -2.34. The van der Waals surface area contributed by atoms with Crippen LogP contribution in [0.2, 0.25) is 0 Å². The molecule has 0 spiro atoms. The average molecular weight is 357 g/mol. The molecular formula is C17H19N5O4. The van der Waals surface area contributed by atoms with Crippen molar-refractivity contribution < 1.29 is 19.1 Å². The van der Waals surface area contributed by atoms with Crippen molar-refractivity contribution in [1.29, 1.82) is 0 Å². The van der Waals surface area contributed by atoms with Crippen molar-refractivity contribution in [1.82, 2.24) is 25.5 Å². The summed E-state index contributed by atoms with van der Waals surface area (Å²) < 4.78 is 5.57. The second-order valence-corrected chi connectivity index (χ2v) is 5.76. The molecule has 1 aromatic carbocycles. The van der Waals surface area contributed by atoms with Crippen molar-refractivity contribution in [3.05, 3.63) is 30.6 Å². The van der Waals surface area contributed by atoms with Crippen LogP contribution < -0.4 is 15.4 Å². The molecule has 136 valence electrons. The molecule has 1 saturated heterocycles. The predicted molar refractivity (Wildman–Crippen MR) is 92.2 cm³/mol. The highest BCUT2D eigenvalue weighted by Crippen LogP contribution is 2.20. The van der Waals surface area contributed by atoms with Crippen molar-refractivity contribution in [3.63, 3.8) is 0 Å². The number of piperazine rings is 1. The van der Waals surface area contributed by atoms with Gasteiger partial charge in [0, 0.05) is 20.1 Å². The van der Waals surface area contributed by atoms with E-state index in [1.54, 1.807) is 6.07 Å². The first-order chi connectivity index (χ1) is 12.6. The minimum Gasteiger partial charge on any atom is -0.467 e. The molecule has 0 bridgehead atoms. The number of amides is 3. The summed E-state index contributed by atoms with van der Waals surface area (Å²) in [4.78, 5) is 45.9. The number of carbonyl (C=O) groups is 3. The number of rotatable bonds is 5. The van der Waals surface area contributed by atoms with Gasteiger partial charge < -0.3 is 20.3 Å². The summed E-state index contributed by atoms with van der Waals surface area (Å²) in [5, 5.41) is 5.83. The van der Waals surface area contributed by atoms with Gasteiger partial charge in [-0.25, -0.2) is 9.97 Å². The number of carbonyl (C=O) groups excluding carboxylic acids is 3. The van der Waals surface area contributed by atoms with Crippen molar-refractivity contribution >= 4 is 28.6 Å². The van der Waals surface area contributed by atoms with E-state index in [-0.39, 0.29) is 30.7 Å². The minimum absolute atomic E-state index is 0.0927. The normalized spacial score (nSPS) is 16.9. The standard InChI is InChI=1S/C17H19N5O4/c1-18-14(23)8-13-16(25)19-6-7-22(13)15(24)9-26-17-11-4-2-3-5-12(11)20-10-21-17/h2-5,10,13H,6-9H2,1H3,(H,18,23)(H,19,25)/t13-/m1/s1. The summed E-state index contributed by atoms with van der Waals surface area (Å²) in [5.41, 5.74) is 0.708. The molecule has 3 rings (SSSR count). The van der Waals surface area contributed by atoms with Crippen LogP contribution >= 0.6 is 0 Å². The zero-order valence-corrected chi connectivity index (χ0v) is 14.3. The van der Waals surface area contributed by atoms with Crippen molar-refractivity contribution in [2.75, 3.05) is 26.7 Å². The molecule has 1 aliphatic rings. The Morgan fingerprint density at radius 2 is 2.15 bits per heavy atom. The maximum Gasteiger partial charge on any atom is 0.261 e. The van der Waals surface area contributed by atoms with Gasteiger partial charge in [0.1, 0.15) is 12.4 Å². The zero-order chi connectivity index (χ0) is 18.5. The number of hydrogen-bond acceptors (Lipinski definition) is 6. The lowest BCUT2D eigenvalue weighted by molar-refractivity contribution is -0.146. The van der Waals surface area contributed by atoms with Crippen molar-refractivity contribution in [3.8, 4) is 5.88 Å². The van der Waals surface area contributed by atoms with Crippen LogP contribution in [0.4, 0.5) is 0 Å². The van der Waals surface area contributed by atoms with Gasteiger partial charge in [-0.3, -0.25) is 14.4 Å². The van der Waals surface area contributed by atoms with Crippen LogP contribution in [0.25, 0.3) is 10.9 Å². The molecule has 26 heavy (non-hydrogen) atoms. The summed E-state index contributed by atoms with van der Waals surface area (Å²) >= 11 is 0. The smallest absolute Gasteiger partial charge is 0.261 e. The summed E-state index contributed by atoms with van der Waals surface area (Å²) in [6, 6.07) is 6.45. The maximum absolute atomic E-state index is 12.6. The van der Waals surface area contributed by atoms with Crippen LogP contribution in [0, 0.1) is 0 Å². The molecule has 1 fully saturated rings. The molecule has 2 aromatic rings. The summed E-state index contributed by atoms with van der Waals surface area (Å²) in [5.74, 6) is -0.738. The Bertz CT molecular complexity index is 836. The number of benzene rings is 1. The SMILES string of the molecule is CNC(=O)C[C@@H]1C(=O)NCCN1C(=O)COc1ncnc2ccccc12. The van der Waals surface area contributed by atoms with Crippen LogP contribution in [-0.4, -0.2) is 65.4 Å². The Labute approximate surface area is 149 Å². The molecule has 1 atom stereocenters. The molecule has 0 unspecified atom stereocenters. The molecule has 3 amide bonds. The molecule has 1 aliphatic heterocycles. The van der Waals surface area contributed by atoms with Crippen molar-refractivity contribution in [2.24, 2.45) is 0 Å². The van der Waals surface area contributed by atoms with Gasteiger partial charge in [-0.15, -0.1) is 0 Å². The van der Waals surface area contributed by atoms with Crippen molar-refractivity contribution in [2.45, 2.75) is 12.5 Å². The fourth-order valence-corrected chi connectivity index (χ4v) is 2.80. The summed E-state index contributed by atoms with van der Waals surface area (Å²) in [6.45, 7) is 0.379. The first-order valence-electron chi connectivity index (χ1n) is 8.20. The van der Waals surface area contributed by atoms with Crippen LogP contribution in [0.5, 0.6) is 5.88 Å². The van der Waals surface area contributed by atoms with E-state index in [1.807, 2.05) is 18.2 Å². The molecule has 0 aliphatic carbocycles. The molecule has 9 nitrogen and oxygen atoms in total. The van der Waals surface area contributed by atoms with E-state index < -0.39 is 6.04 Å². The number of nitrogens with zero attached hydrogens (tertiary/aromatic N) is 3. The first kappa shape index (κ1) is 17.6. The quantitative estimate of drug-likeness (QED) is 0.744. The topological polar surface area (TPSA) is 114 Å². The third-order valence-electron chi connectivity index (χ3n) is 4.15. The highest BCUT2D eigenvalue weighted by atomic mass is 16.5. The Balaban J connectivity index is 1.71. The Morgan fingerprint density at radius 1 is 1.35 bits per heavy atom. The predicted octanol–water partition coefficient (Wildman–Crippen LogP) is -0.528. The number of fused-ring (bicyclic) bond motifs is 1. The fourth-order valence-electron chi connectivity index (χ4n) is 2.80. The molecule has 1 aromatic heterocycles. The van der Waals surface area contributed by atoms with E-state index >= 15 is 0 Å². The molecule has 9 heteroatoms. The lowest BCUT2D eigenvalue weighted by Crippen LogP contribution is -2.59. The van der Waals surface area contributed by atoms with Gasteiger partial charge in [-0.1, -0.05) is 12.1 Å². The summed E-state index contributed by atoms with van der Waals surface area (Å²) in [6.07, 6.45) is 1.27. The van der Waals surface area contributed by atoms with E-state index in [9.17, 15) is 14.4 Å². The molecular weight excluding hydrogens is 338 g/mol. The van der Waals surface area contributed by atoms with Crippen LogP contribution in [0.15, 0.2) is 30.6 Å². The Hall–Kier alpha value is -3.23. The van der Waals surface area contributed by atoms with Gasteiger partial charge in [0.2, 0.25) is 17.7 Å². The first-order valence-corrected chi connectivity index (χ1v) is 8.20. The highest BCUT2D eigenvalue weighted by Gasteiger charge is 2.34. The Morgan fingerprint density at radius 3 is 2.96 bits per heavy atom. The highest BCUT2D eigenvalue weighted by molar-refractivity contribution is 5.93. The fraction of sp³-hybridized carbons (Fsp3) is 0.353. The summed E-state index contributed by atoms with van der Waals surface area (Å²) in [7, 11) is 1.48. The van der Waals surface area contributed by atoms with Crippen LogP contribution in [0.1, 0.15) is 6.42 Å². The number of para-hydroxylation sites is 1. The van der Waals surface area contributed by atoms with Crippen LogP contribution in [0.3, 0.4) is 0 Å². The average Bonchev–Trinajstić information content (AvgIpc) is 2.67. The van der Waals surface area contributed by atoms with Gasteiger partial charge in [-0.2, -0.15) is 0 Å². The van der Waals surface area contributed by atoms with Gasteiger partial charge in [-0.05, 0) is 12.1 Å². The number of ether oxygens (including phenoxy) is 1. The second kappa shape index (κ2) is 7.77. The molecule has 2 heterocycles. The van der Waals surface area contributed by atoms with E-state index in [4.69, 9.17) is 4.74 Å². The number of hydrogen-bond donors (Lipinski definition) is 2. The third-order valence-corrected chi connectivity index (χ3v) is 4.15. The monoisotopic (exact) mass is 357 g/mol. The van der Waals surface area contributed by atoms with Gasteiger partial charge in [0.15, 0.2) is 6.61 Å². The maximum atomic E-state index is 12.6. The van der Waals surface area contributed by atoms with Gasteiger partial charge >= 0.3 is 0 Å². The molecule has 2 N–H and O–H groups in total. The minimum atomic E-state index is -0.845. The van der Waals surface area contributed by atoms with E-state index in [2.05, 4.69) is 20.6 Å². The molecule has 0 radical (unpaired) electrons. The van der Waals surface area contributed by atoms with Gasteiger partial charge in [0.25, 0.3) is 5.91 Å². The zero-order valence-electron chi connectivity index (χ0n) is 14.3. The van der Waals surface area contributed by atoms with E-state index in [1.165, 1.54) is 18.3 Å². The van der Waals surface area contributed by atoms with Gasteiger partial charge in [0.05, 0.1) is 17.3 Å². The van der Waals surface area contributed by atoms with E-state index in [0.29, 0.717) is 29.9 Å². The number of nitrogens with one attached hydrogen (secondary N) is 2. The number of aromatic nitrogens is 2. The Kier molecular flexibility index (Phi) is 5.26. The third kappa shape index (κ3) is 3.71. The van der Waals surface area contributed by atoms with Crippen LogP contribution in [-0.2, 0) is 14.4 Å². The lowest BCUT2D eigenvalue weighted by atomic mass is 10.1. The van der Waals surface area contributed by atoms with E-state index in [0.717, 1.165) is 0 Å².